The van der Waals surface area contributed by atoms with Gasteiger partial charge in [0.2, 0.25) is 5.13 Å². The summed E-state index contributed by atoms with van der Waals surface area (Å²) in [6, 6.07) is 0. The third-order valence-electron chi connectivity index (χ3n) is 1.80. The average Bonchev–Trinajstić information content (AvgIpc) is 2.67. The highest BCUT2D eigenvalue weighted by molar-refractivity contribution is 7.09. The number of aromatic nitrogens is 2. The van der Waals surface area contributed by atoms with E-state index >= 15 is 0 Å². The standard InChI is InChI=1S/C9H17N3O2S/c1-13-6-3-4-8-11-9(15-12-8)10-5-7-14-2/h3-7H2,1-2H3,(H,10,11,12). The van der Waals surface area contributed by atoms with Crippen molar-refractivity contribution in [1.82, 2.24) is 9.36 Å². The largest absolute Gasteiger partial charge is 0.385 e. The zero-order chi connectivity index (χ0) is 10.9. The lowest BCUT2D eigenvalue weighted by atomic mass is 10.3. The monoisotopic (exact) mass is 231 g/mol. The van der Waals surface area contributed by atoms with E-state index in [1.54, 1.807) is 14.2 Å². The predicted molar refractivity (Wildman–Crippen MR) is 60.5 cm³/mol. The molecule has 0 aromatic carbocycles. The van der Waals surface area contributed by atoms with Gasteiger partial charge in [-0.1, -0.05) is 0 Å². The number of nitrogens with zero attached hydrogens (tertiary/aromatic N) is 2. The molecule has 0 amide bonds. The summed E-state index contributed by atoms with van der Waals surface area (Å²) in [4.78, 5) is 4.34. The highest BCUT2D eigenvalue weighted by Crippen LogP contribution is 2.11. The van der Waals surface area contributed by atoms with Crippen molar-refractivity contribution in [2.45, 2.75) is 12.8 Å². The molecule has 0 fully saturated rings. The maximum atomic E-state index is 4.97. The average molecular weight is 231 g/mol. The molecular weight excluding hydrogens is 214 g/mol. The Balaban J connectivity index is 2.23. The first-order valence-corrected chi connectivity index (χ1v) is 5.68. The van der Waals surface area contributed by atoms with E-state index in [-0.39, 0.29) is 0 Å². The van der Waals surface area contributed by atoms with E-state index in [1.165, 1.54) is 11.5 Å². The van der Waals surface area contributed by atoms with Gasteiger partial charge in [-0.2, -0.15) is 4.37 Å². The molecule has 0 radical (unpaired) electrons. The van der Waals surface area contributed by atoms with Crippen LogP contribution in [0.5, 0.6) is 0 Å². The Hall–Kier alpha value is -0.720. The summed E-state index contributed by atoms with van der Waals surface area (Å²) in [5.74, 6) is 0.886. The van der Waals surface area contributed by atoms with Gasteiger partial charge >= 0.3 is 0 Å². The second-order valence-corrected chi connectivity index (χ2v) is 3.78. The lowest BCUT2D eigenvalue weighted by Gasteiger charge is -1.99. The fourth-order valence-corrected chi connectivity index (χ4v) is 1.70. The smallest absolute Gasteiger partial charge is 0.202 e. The summed E-state index contributed by atoms with van der Waals surface area (Å²) in [5, 5.41) is 4.01. The number of anilines is 1. The van der Waals surface area contributed by atoms with E-state index in [1.807, 2.05) is 0 Å². The summed E-state index contributed by atoms with van der Waals surface area (Å²) < 4.78 is 14.1. The Morgan fingerprint density at radius 3 is 2.80 bits per heavy atom. The van der Waals surface area contributed by atoms with Crippen LogP contribution in [0.4, 0.5) is 5.13 Å². The number of rotatable bonds is 8. The minimum atomic E-state index is 0.679. The molecule has 86 valence electrons. The van der Waals surface area contributed by atoms with Gasteiger partial charge in [-0.05, 0) is 6.42 Å². The van der Waals surface area contributed by atoms with Gasteiger partial charge in [-0.15, -0.1) is 0 Å². The second kappa shape index (κ2) is 7.56. The minimum absolute atomic E-state index is 0.679. The molecule has 1 N–H and O–H groups in total. The van der Waals surface area contributed by atoms with Crippen molar-refractivity contribution in [3.8, 4) is 0 Å². The van der Waals surface area contributed by atoms with Crippen LogP contribution in [-0.2, 0) is 15.9 Å². The molecule has 6 heteroatoms. The molecule has 0 aliphatic heterocycles. The Bertz CT molecular complexity index is 243. The van der Waals surface area contributed by atoms with E-state index in [2.05, 4.69) is 14.7 Å². The van der Waals surface area contributed by atoms with Crippen molar-refractivity contribution in [3.05, 3.63) is 5.82 Å². The summed E-state index contributed by atoms with van der Waals surface area (Å²) in [7, 11) is 3.38. The van der Waals surface area contributed by atoms with Crippen LogP contribution in [0, 0.1) is 0 Å². The molecular formula is C9H17N3O2S. The Morgan fingerprint density at radius 1 is 1.27 bits per heavy atom. The number of aryl methyl sites for hydroxylation is 1. The zero-order valence-electron chi connectivity index (χ0n) is 9.15. The van der Waals surface area contributed by atoms with Crippen molar-refractivity contribution in [1.29, 1.82) is 0 Å². The number of methoxy groups -OCH3 is 2. The first kappa shape index (κ1) is 12.4. The van der Waals surface area contributed by atoms with Crippen LogP contribution in [-0.4, -0.2) is 43.3 Å². The summed E-state index contributed by atoms with van der Waals surface area (Å²) in [6.45, 7) is 2.20. The van der Waals surface area contributed by atoms with Crippen molar-refractivity contribution in [2.24, 2.45) is 0 Å². The van der Waals surface area contributed by atoms with Gasteiger partial charge < -0.3 is 14.8 Å². The molecule has 0 aliphatic carbocycles. The van der Waals surface area contributed by atoms with Gasteiger partial charge in [-0.25, -0.2) is 4.98 Å². The van der Waals surface area contributed by atoms with Crippen LogP contribution in [0.2, 0.25) is 0 Å². The Labute approximate surface area is 94.0 Å². The van der Waals surface area contributed by atoms with E-state index < -0.39 is 0 Å². The molecule has 0 saturated heterocycles. The van der Waals surface area contributed by atoms with Crippen LogP contribution in [0.1, 0.15) is 12.2 Å². The quantitative estimate of drug-likeness (QED) is 0.681. The SMILES string of the molecule is COCCCc1nsc(NCCOC)n1. The molecule has 0 saturated carbocycles. The normalized spacial score (nSPS) is 10.5. The van der Waals surface area contributed by atoms with Gasteiger partial charge in [0.1, 0.15) is 5.82 Å². The van der Waals surface area contributed by atoms with E-state index in [0.29, 0.717) is 6.61 Å². The summed E-state index contributed by atoms with van der Waals surface area (Å²) >= 11 is 1.39. The Kier molecular flexibility index (Phi) is 6.22. The highest BCUT2D eigenvalue weighted by atomic mass is 32.1. The van der Waals surface area contributed by atoms with Crippen molar-refractivity contribution >= 4 is 16.7 Å². The van der Waals surface area contributed by atoms with Crippen molar-refractivity contribution in [2.75, 3.05) is 39.3 Å². The van der Waals surface area contributed by atoms with E-state index in [9.17, 15) is 0 Å². The lowest BCUT2D eigenvalue weighted by molar-refractivity contribution is 0.194. The maximum absolute atomic E-state index is 4.97. The minimum Gasteiger partial charge on any atom is -0.385 e. The lowest BCUT2D eigenvalue weighted by Crippen LogP contribution is -2.07. The predicted octanol–water partition coefficient (Wildman–Crippen LogP) is 1.18. The molecule has 5 nitrogen and oxygen atoms in total. The van der Waals surface area contributed by atoms with Crippen LogP contribution in [0.15, 0.2) is 0 Å². The highest BCUT2D eigenvalue weighted by Gasteiger charge is 2.02. The topological polar surface area (TPSA) is 56.3 Å². The van der Waals surface area contributed by atoms with Gasteiger partial charge in [0, 0.05) is 45.3 Å². The first-order valence-electron chi connectivity index (χ1n) is 4.91. The molecule has 1 rings (SSSR count). The fourth-order valence-electron chi connectivity index (χ4n) is 1.06. The third kappa shape index (κ3) is 5.06. The van der Waals surface area contributed by atoms with Gasteiger partial charge in [0.25, 0.3) is 0 Å². The Morgan fingerprint density at radius 2 is 2.07 bits per heavy atom. The third-order valence-corrected chi connectivity index (χ3v) is 2.51. The zero-order valence-corrected chi connectivity index (χ0v) is 9.97. The number of ether oxygens (including phenoxy) is 2. The summed E-state index contributed by atoms with van der Waals surface area (Å²) in [5.41, 5.74) is 0. The van der Waals surface area contributed by atoms with E-state index in [4.69, 9.17) is 9.47 Å². The molecule has 0 aliphatic rings. The molecule has 1 aromatic heterocycles. The van der Waals surface area contributed by atoms with Crippen LogP contribution < -0.4 is 5.32 Å². The van der Waals surface area contributed by atoms with Crippen molar-refractivity contribution < 1.29 is 9.47 Å². The van der Waals surface area contributed by atoms with Gasteiger partial charge in [0.05, 0.1) is 6.61 Å². The second-order valence-electron chi connectivity index (χ2n) is 3.03. The number of nitrogens with one attached hydrogen (secondary N) is 1. The number of hydrogen-bond acceptors (Lipinski definition) is 6. The molecule has 15 heavy (non-hydrogen) atoms. The fraction of sp³-hybridized carbons (Fsp3) is 0.778. The first-order chi connectivity index (χ1) is 7.36. The maximum Gasteiger partial charge on any atom is 0.202 e. The molecule has 0 atom stereocenters. The molecule has 0 spiro atoms. The molecule has 0 unspecified atom stereocenters. The van der Waals surface area contributed by atoms with Crippen LogP contribution in [0.3, 0.4) is 0 Å². The van der Waals surface area contributed by atoms with Crippen molar-refractivity contribution in [3.63, 3.8) is 0 Å². The van der Waals surface area contributed by atoms with Gasteiger partial charge in [-0.3, -0.25) is 0 Å². The van der Waals surface area contributed by atoms with Crippen LogP contribution >= 0.6 is 11.5 Å². The molecule has 0 bridgehead atoms. The number of hydrogen-bond donors (Lipinski definition) is 1. The van der Waals surface area contributed by atoms with Gasteiger partial charge in [0.15, 0.2) is 0 Å². The molecule has 1 aromatic rings. The van der Waals surface area contributed by atoms with E-state index in [0.717, 1.165) is 36.9 Å². The summed E-state index contributed by atoms with van der Waals surface area (Å²) in [6.07, 6.45) is 1.83. The van der Waals surface area contributed by atoms with Crippen LogP contribution in [0.25, 0.3) is 0 Å². The molecule has 1 heterocycles.